The third-order valence-corrected chi connectivity index (χ3v) is 3.82. The van der Waals surface area contributed by atoms with Gasteiger partial charge in [0.25, 0.3) is 0 Å². The zero-order valence-corrected chi connectivity index (χ0v) is 10.3. The van der Waals surface area contributed by atoms with Gasteiger partial charge in [0.05, 0.1) is 0 Å². The van der Waals surface area contributed by atoms with Crippen molar-refractivity contribution in [2.45, 2.75) is 13.8 Å². The van der Waals surface area contributed by atoms with Crippen LogP contribution < -0.4 is 0 Å². The van der Waals surface area contributed by atoms with Crippen LogP contribution in [0.5, 0.6) is 0 Å². The second kappa shape index (κ2) is 4.30. The molecule has 2 aromatic rings. The van der Waals surface area contributed by atoms with Gasteiger partial charge in [0.15, 0.2) is 0 Å². The molecular weight excluding hydrogens is 239 g/mol. The summed E-state index contributed by atoms with van der Waals surface area (Å²) in [6.07, 6.45) is 0. The lowest BCUT2D eigenvalue weighted by molar-refractivity contribution is 0.0702. The first kappa shape index (κ1) is 11.8. The second-order valence-corrected chi connectivity index (χ2v) is 4.94. The lowest BCUT2D eigenvalue weighted by Gasteiger charge is -2.04. The van der Waals surface area contributed by atoms with Crippen molar-refractivity contribution in [2.24, 2.45) is 0 Å². The van der Waals surface area contributed by atoms with E-state index in [0.717, 1.165) is 21.6 Å². The average molecular weight is 250 g/mol. The molecule has 88 valence electrons. The molecule has 0 aliphatic rings. The highest BCUT2D eigenvalue weighted by molar-refractivity contribution is 7.17. The molecule has 0 aliphatic heterocycles. The van der Waals surface area contributed by atoms with E-state index in [1.807, 2.05) is 13.8 Å². The fourth-order valence-corrected chi connectivity index (χ4v) is 2.84. The second-order valence-electron chi connectivity index (χ2n) is 3.89. The molecular formula is C13H11FO2S. The molecule has 2 rings (SSSR count). The zero-order chi connectivity index (χ0) is 12.6. The van der Waals surface area contributed by atoms with Gasteiger partial charge in [-0.15, -0.1) is 11.3 Å². The summed E-state index contributed by atoms with van der Waals surface area (Å²) in [5.41, 5.74) is 2.61. The van der Waals surface area contributed by atoms with Crippen LogP contribution in [0.25, 0.3) is 10.4 Å². The van der Waals surface area contributed by atoms with E-state index in [9.17, 15) is 9.18 Å². The number of halogens is 1. The van der Waals surface area contributed by atoms with Gasteiger partial charge in [-0.1, -0.05) is 6.07 Å². The first-order chi connectivity index (χ1) is 7.99. The van der Waals surface area contributed by atoms with Crippen molar-refractivity contribution in [3.8, 4) is 10.4 Å². The van der Waals surface area contributed by atoms with Crippen LogP contribution in [0.4, 0.5) is 4.39 Å². The minimum atomic E-state index is -0.927. The third kappa shape index (κ3) is 2.22. The maximum absolute atomic E-state index is 13.0. The van der Waals surface area contributed by atoms with E-state index in [4.69, 9.17) is 5.11 Å². The largest absolute Gasteiger partial charge is 0.477 e. The quantitative estimate of drug-likeness (QED) is 0.878. The highest BCUT2D eigenvalue weighted by Gasteiger charge is 2.14. The van der Waals surface area contributed by atoms with Gasteiger partial charge in [-0.2, -0.15) is 0 Å². The lowest BCUT2D eigenvalue weighted by atomic mass is 10.0. The molecule has 0 atom stereocenters. The summed E-state index contributed by atoms with van der Waals surface area (Å²) >= 11 is 1.22. The summed E-state index contributed by atoms with van der Waals surface area (Å²) in [5.74, 6) is -1.21. The molecule has 2 nitrogen and oxygen atoms in total. The van der Waals surface area contributed by atoms with Crippen LogP contribution in [0.3, 0.4) is 0 Å². The van der Waals surface area contributed by atoms with Gasteiger partial charge in [-0.25, -0.2) is 9.18 Å². The van der Waals surface area contributed by atoms with Gasteiger partial charge < -0.3 is 5.11 Å². The van der Waals surface area contributed by atoms with Crippen LogP contribution in [-0.4, -0.2) is 11.1 Å². The number of carbonyl (C=O) groups is 1. The van der Waals surface area contributed by atoms with Crippen molar-refractivity contribution in [3.05, 3.63) is 46.1 Å². The minimum Gasteiger partial charge on any atom is -0.477 e. The maximum Gasteiger partial charge on any atom is 0.345 e. The van der Waals surface area contributed by atoms with Crippen molar-refractivity contribution >= 4 is 17.3 Å². The fraction of sp³-hybridized carbons (Fsp3) is 0.154. The Kier molecular flexibility index (Phi) is 2.98. The predicted molar refractivity (Wildman–Crippen MR) is 66.1 cm³/mol. The van der Waals surface area contributed by atoms with E-state index in [2.05, 4.69) is 0 Å². The normalized spacial score (nSPS) is 10.5. The Morgan fingerprint density at radius 1 is 1.24 bits per heavy atom. The SMILES string of the molecule is Cc1cc(F)ccc1-c1sc(C(=O)O)cc1C. The summed E-state index contributed by atoms with van der Waals surface area (Å²) in [6, 6.07) is 6.18. The standard InChI is InChI=1S/C13H11FO2S/c1-7-5-9(14)3-4-10(7)12-8(2)6-11(17-12)13(15)16/h3-6H,1-2H3,(H,15,16). The molecule has 17 heavy (non-hydrogen) atoms. The molecule has 1 aromatic heterocycles. The Morgan fingerprint density at radius 3 is 2.47 bits per heavy atom. The van der Waals surface area contributed by atoms with Gasteiger partial charge in [-0.3, -0.25) is 0 Å². The number of hydrogen-bond acceptors (Lipinski definition) is 2. The number of thiophene rings is 1. The smallest absolute Gasteiger partial charge is 0.345 e. The fourth-order valence-electron chi connectivity index (χ4n) is 1.74. The minimum absolute atomic E-state index is 0.279. The van der Waals surface area contributed by atoms with Crippen molar-refractivity contribution in [2.75, 3.05) is 0 Å². The number of aromatic carboxylic acids is 1. The van der Waals surface area contributed by atoms with Gasteiger partial charge >= 0.3 is 5.97 Å². The molecule has 0 bridgehead atoms. The number of hydrogen-bond donors (Lipinski definition) is 1. The molecule has 1 heterocycles. The third-order valence-electron chi connectivity index (χ3n) is 2.56. The molecule has 0 unspecified atom stereocenters. The Labute approximate surface area is 102 Å². The van der Waals surface area contributed by atoms with Crippen LogP contribution in [0.1, 0.15) is 20.8 Å². The van der Waals surface area contributed by atoms with Crippen LogP contribution in [0, 0.1) is 19.7 Å². The van der Waals surface area contributed by atoms with Crippen molar-refractivity contribution < 1.29 is 14.3 Å². The highest BCUT2D eigenvalue weighted by atomic mass is 32.1. The van der Waals surface area contributed by atoms with Crippen LogP contribution in [-0.2, 0) is 0 Å². The van der Waals surface area contributed by atoms with Crippen molar-refractivity contribution in [1.82, 2.24) is 0 Å². The van der Waals surface area contributed by atoms with Gasteiger partial charge in [0.2, 0.25) is 0 Å². The molecule has 0 amide bonds. The molecule has 1 aromatic carbocycles. The molecule has 4 heteroatoms. The van der Waals surface area contributed by atoms with E-state index < -0.39 is 5.97 Å². The topological polar surface area (TPSA) is 37.3 Å². The van der Waals surface area contributed by atoms with Crippen LogP contribution in [0.2, 0.25) is 0 Å². The first-order valence-corrected chi connectivity index (χ1v) is 5.91. The van der Waals surface area contributed by atoms with E-state index in [-0.39, 0.29) is 5.82 Å². The summed E-state index contributed by atoms with van der Waals surface area (Å²) in [7, 11) is 0. The predicted octanol–water partition coefficient (Wildman–Crippen LogP) is 3.87. The molecule has 0 saturated carbocycles. The Morgan fingerprint density at radius 2 is 1.94 bits per heavy atom. The van der Waals surface area contributed by atoms with E-state index in [1.165, 1.54) is 23.5 Å². The average Bonchev–Trinajstić information content (AvgIpc) is 2.61. The molecule has 0 radical (unpaired) electrons. The molecule has 1 N–H and O–H groups in total. The van der Waals surface area contributed by atoms with Crippen molar-refractivity contribution in [1.29, 1.82) is 0 Å². The number of benzene rings is 1. The number of rotatable bonds is 2. The molecule has 0 saturated heterocycles. The summed E-state index contributed by atoms with van der Waals surface area (Å²) in [6.45, 7) is 3.68. The monoisotopic (exact) mass is 250 g/mol. The van der Waals surface area contributed by atoms with E-state index >= 15 is 0 Å². The molecule has 0 aliphatic carbocycles. The van der Waals surface area contributed by atoms with Gasteiger partial charge in [0, 0.05) is 4.88 Å². The molecule has 0 spiro atoms. The van der Waals surface area contributed by atoms with Gasteiger partial charge in [-0.05, 0) is 48.7 Å². The summed E-state index contributed by atoms with van der Waals surface area (Å²) < 4.78 is 13.0. The Bertz CT molecular complexity index is 587. The number of aryl methyl sites for hydroxylation is 2. The zero-order valence-electron chi connectivity index (χ0n) is 9.45. The maximum atomic E-state index is 13.0. The Balaban J connectivity index is 2.56. The highest BCUT2D eigenvalue weighted by Crippen LogP contribution is 2.34. The summed E-state index contributed by atoms with van der Waals surface area (Å²) in [5, 5.41) is 8.93. The molecule has 0 fully saturated rings. The number of carboxylic acid groups (broad SMARTS) is 1. The van der Waals surface area contributed by atoms with Crippen LogP contribution in [0.15, 0.2) is 24.3 Å². The lowest BCUT2D eigenvalue weighted by Crippen LogP contribution is -1.89. The van der Waals surface area contributed by atoms with Gasteiger partial charge in [0.1, 0.15) is 10.7 Å². The number of carboxylic acids is 1. The van der Waals surface area contributed by atoms with Crippen molar-refractivity contribution in [3.63, 3.8) is 0 Å². The first-order valence-electron chi connectivity index (χ1n) is 5.09. The van der Waals surface area contributed by atoms with E-state index in [0.29, 0.717) is 4.88 Å². The van der Waals surface area contributed by atoms with Crippen LogP contribution >= 0.6 is 11.3 Å². The summed E-state index contributed by atoms with van der Waals surface area (Å²) in [4.78, 5) is 12.1. The van der Waals surface area contributed by atoms with E-state index in [1.54, 1.807) is 12.1 Å². The Hall–Kier alpha value is -1.68.